The van der Waals surface area contributed by atoms with Gasteiger partial charge in [0.1, 0.15) is 11.3 Å². The Morgan fingerprint density at radius 2 is 2.06 bits per heavy atom. The molecule has 0 saturated heterocycles. The number of aromatic nitrogens is 4. The van der Waals surface area contributed by atoms with Crippen molar-refractivity contribution < 1.29 is 4.74 Å². The summed E-state index contributed by atoms with van der Waals surface area (Å²) in [4.78, 5) is 3.95. The van der Waals surface area contributed by atoms with Crippen LogP contribution in [-0.4, -0.2) is 25.2 Å². The molecule has 0 unspecified atom stereocenters. The van der Waals surface area contributed by atoms with Gasteiger partial charge in [-0.1, -0.05) is 17.3 Å². The lowest BCUT2D eigenvalue weighted by atomic mass is 10.3. The van der Waals surface area contributed by atoms with Crippen molar-refractivity contribution in [3.8, 4) is 5.75 Å². The summed E-state index contributed by atoms with van der Waals surface area (Å²) in [5.74, 6) is 0.571. The van der Waals surface area contributed by atoms with E-state index in [-0.39, 0.29) is 5.17 Å². The van der Waals surface area contributed by atoms with Crippen molar-refractivity contribution in [3.05, 3.63) is 48.8 Å². The lowest BCUT2D eigenvalue weighted by molar-refractivity contribution is 0.526. The number of fused-ring (bicyclic) bond motifs is 1. The Morgan fingerprint density at radius 3 is 2.89 bits per heavy atom. The Labute approximate surface area is 108 Å². The summed E-state index contributed by atoms with van der Waals surface area (Å²) in [6.07, 6.45) is 3.26. The molecule has 0 fully saturated rings. The largest absolute Gasteiger partial charge is 0.429 e. The van der Waals surface area contributed by atoms with Gasteiger partial charge < -0.3 is 4.74 Å². The number of hydrogen-bond donors (Lipinski definition) is 0. The van der Waals surface area contributed by atoms with Crippen molar-refractivity contribution in [2.45, 2.75) is 0 Å². The third kappa shape index (κ3) is 1.93. The predicted octanol–water partition coefficient (Wildman–Crippen LogP) is 2.04. The van der Waals surface area contributed by atoms with Crippen molar-refractivity contribution >= 4 is 28.4 Å². The second-order valence-electron chi connectivity index (χ2n) is 3.55. The zero-order chi connectivity index (χ0) is 12.4. The van der Waals surface area contributed by atoms with Gasteiger partial charge in [0.05, 0.1) is 11.7 Å². The van der Waals surface area contributed by atoms with Crippen LogP contribution in [0.4, 0.5) is 0 Å². The molecule has 0 aliphatic carbocycles. The maximum Gasteiger partial charge on any atom is 0.292 e. The second kappa shape index (κ2) is 4.50. The van der Waals surface area contributed by atoms with Crippen molar-refractivity contribution in [3.63, 3.8) is 0 Å². The first kappa shape index (κ1) is 10.8. The molecule has 3 rings (SSSR count). The summed E-state index contributed by atoms with van der Waals surface area (Å²) in [6, 6.07) is 11.1. The van der Waals surface area contributed by atoms with E-state index in [9.17, 15) is 0 Å². The van der Waals surface area contributed by atoms with Crippen LogP contribution in [0.2, 0.25) is 0 Å². The van der Waals surface area contributed by atoms with Gasteiger partial charge in [0.25, 0.3) is 5.17 Å². The van der Waals surface area contributed by atoms with Crippen molar-refractivity contribution in [1.82, 2.24) is 20.0 Å². The summed E-state index contributed by atoms with van der Waals surface area (Å²) in [6.45, 7) is 0. The fourth-order valence-corrected chi connectivity index (χ4v) is 1.79. The van der Waals surface area contributed by atoms with E-state index in [2.05, 4.69) is 15.3 Å². The molecule has 0 saturated carbocycles. The molecule has 6 heteroatoms. The molecule has 3 aromatic rings. The van der Waals surface area contributed by atoms with E-state index in [0.717, 1.165) is 11.0 Å². The molecule has 0 amide bonds. The van der Waals surface area contributed by atoms with E-state index in [1.54, 1.807) is 24.5 Å². The van der Waals surface area contributed by atoms with Gasteiger partial charge in [-0.05, 0) is 36.5 Å². The van der Waals surface area contributed by atoms with Gasteiger partial charge in [-0.25, -0.2) is 0 Å². The van der Waals surface area contributed by atoms with Crippen molar-refractivity contribution in [2.24, 2.45) is 0 Å². The minimum absolute atomic E-state index is 0.219. The highest BCUT2D eigenvalue weighted by Crippen LogP contribution is 2.12. The topological polar surface area (TPSA) is 52.8 Å². The lowest BCUT2D eigenvalue weighted by Gasteiger charge is -2.05. The Kier molecular flexibility index (Phi) is 2.70. The van der Waals surface area contributed by atoms with Crippen LogP contribution in [0.5, 0.6) is 5.75 Å². The molecular formula is C12H8N4OS. The van der Waals surface area contributed by atoms with Crippen LogP contribution >= 0.6 is 12.2 Å². The maximum absolute atomic E-state index is 5.50. The average molecular weight is 256 g/mol. The number of benzene rings is 1. The number of thiocarbonyl (C=S) groups is 1. The van der Waals surface area contributed by atoms with Crippen LogP contribution in [0.3, 0.4) is 0 Å². The number of pyridine rings is 1. The molecule has 88 valence electrons. The predicted molar refractivity (Wildman–Crippen MR) is 70.4 cm³/mol. The van der Waals surface area contributed by atoms with E-state index < -0.39 is 0 Å². The molecule has 5 nitrogen and oxygen atoms in total. The number of nitrogens with zero attached hydrogens (tertiary/aromatic N) is 4. The van der Waals surface area contributed by atoms with Gasteiger partial charge in [0.15, 0.2) is 0 Å². The summed E-state index contributed by atoms with van der Waals surface area (Å²) >= 11 is 5.19. The molecule has 0 aliphatic rings. The molecule has 1 aromatic carbocycles. The van der Waals surface area contributed by atoms with Gasteiger partial charge >= 0.3 is 0 Å². The van der Waals surface area contributed by atoms with Crippen molar-refractivity contribution in [2.75, 3.05) is 0 Å². The highest BCUT2D eigenvalue weighted by Gasteiger charge is 2.09. The zero-order valence-corrected chi connectivity index (χ0v) is 10.0. The molecular weight excluding hydrogens is 248 g/mol. The normalized spacial score (nSPS) is 10.4. The van der Waals surface area contributed by atoms with Gasteiger partial charge in [0.2, 0.25) is 0 Å². The van der Waals surface area contributed by atoms with Crippen LogP contribution in [-0.2, 0) is 0 Å². The average Bonchev–Trinajstić information content (AvgIpc) is 2.84. The first-order chi connectivity index (χ1) is 8.84. The number of rotatable bonds is 1. The zero-order valence-electron chi connectivity index (χ0n) is 9.22. The Hall–Kier alpha value is -2.34. The van der Waals surface area contributed by atoms with Crippen LogP contribution in [0.25, 0.3) is 11.0 Å². The number of para-hydroxylation sites is 1. The third-order valence-electron chi connectivity index (χ3n) is 2.36. The Morgan fingerprint density at radius 1 is 1.17 bits per heavy atom. The standard InChI is InChI=1S/C12H8N4OS/c18-12(17-9-4-3-7-13-8-9)16-11-6-2-1-5-10(11)14-15-16/h1-8H. The molecule has 0 bridgehead atoms. The quantitative estimate of drug-likeness (QED) is 0.624. The molecule has 2 aromatic heterocycles. The highest BCUT2D eigenvalue weighted by molar-refractivity contribution is 7.80. The van der Waals surface area contributed by atoms with E-state index in [1.807, 2.05) is 24.3 Å². The molecule has 0 spiro atoms. The summed E-state index contributed by atoms with van der Waals surface area (Å²) in [7, 11) is 0. The highest BCUT2D eigenvalue weighted by atomic mass is 32.1. The van der Waals surface area contributed by atoms with Crippen LogP contribution < -0.4 is 4.74 Å². The van der Waals surface area contributed by atoms with Crippen LogP contribution in [0.1, 0.15) is 0 Å². The van der Waals surface area contributed by atoms with Crippen molar-refractivity contribution in [1.29, 1.82) is 0 Å². The van der Waals surface area contributed by atoms with Crippen LogP contribution in [0, 0.1) is 0 Å². The van der Waals surface area contributed by atoms with E-state index >= 15 is 0 Å². The number of ether oxygens (including phenoxy) is 1. The van der Waals surface area contributed by atoms with E-state index in [4.69, 9.17) is 17.0 Å². The molecule has 0 aliphatic heterocycles. The smallest absolute Gasteiger partial charge is 0.292 e. The molecule has 18 heavy (non-hydrogen) atoms. The van der Waals surface area contributed by atoms with Gasteiger partial charge in [-0.15, -0.1) is 5.10 Å². The molecule has 0 radical (unpaired) electrons. The Balaban J connectivity index is 1.93. The maximum atomic E-state index is 5.50. The van der Waals surface area contributed by atoms with Crippen LogP contribution in [0.15, 0.2) is 48.8 Å². The SMILES string of the molecule is S=C(Oc1cccnc1)n1nnc2ccccc21. The first-order valence-electron chi connectivity index (χ1n) is 5.27. The van der Waals surface area contributed by atoms with E-state index in [1.165, 1.54) is 4.68 Å². The Bertz CT molecular complexity index is 695. The lowest BCUT2D eigenvalue weighted by Crippen LogP contribution is -2.17. The summed E-state index contributed by atoms with van der Waals surface area (Å²) < 4.78 is 6.98. The molecule has 0 atom stereocenters. The summed E-state index contributed by atoms with van der Waals surface area (Å²) in [5, 5.41) is 8.20. The monoisotopic (exact) mass is 256 g/mol. The summed E-state index contributed by atoms with van der Waals surface area (Å²) in [5.41, 5.74) is 1.58. The molecule has 2 heterocycles. The fraction of sp³-hybridized carbons (Fsp3) is 0. The minimum atomic E-state index is 0.219. The van der Waals surface area contributed by atoms with E-state index in [0.29, 0.717) is 5.75 Å². The third-order valence-corrected chi connectivity index (χ3v) is 2.62. The van der Waals surface area contributed by atoms with Gasteiger partial charge in [-0.2, -0.15) is 4.68 Å². The second-order valence-corrected chi connectivity index (χ2v) is 3.90. The fourth-order valence-electron chi connectivity index (χ4n) is 1.56. The van der Waals surface area contributed by atoms with Gasteiger partial charge in [-0.3, -0.25) is 4.98 Å². The first-order valence-corrected chi connectivity index (χ1v) is 5.68. The number of hydrogen-bond acceptors (Lipinski definition) is 5. The molecule has 0 N–H and O–H groups in total. The van der Waals surface area contributed by atoms with Gasteiger partial charge in [0, 0.05) is 6.20 Å². The minimum Gasteiger partial charge on any atom is -0.429 e.